The van der Waals surface area contributed by atoms with Crippen LogP contribution in [-0.4, -0.2) is 70.8 Å². The second kappa shape index (κ2) is 10.5. The molecule has 3 aromatic rings. The van der Waals surface area contributed by atoms with Crippen molar-refractivity contribution in [2.45, 2.75) is 39.8 Å². The van der Waals surface area contributed by atoms with Crippen LogP contribution < -0.4 is 10.1 Å². The SMILES string of the molecule is COc1nn(C)c2nc(C)c(CCC(=O)NCc3cccc(CN4CCN(C)CC4)c3)c(C)c12. The number of nitrogens with zero attached hydrogens (tertiary/aromatic N) is 5. The molecule has 2 aromatic heterocycles. The molecule has 8 nitrogen and oxygen atoms in total. The van der Waals surface area contributed by atoms with Gasteiger partial charge in [-0.1, -0.05) is 24.3 Å². The number of rotatable bonds is 8. The quantitative estimate of drug-likeness (QED) is 0.552. The molecule has 0 aliphatic carbocycles. The maximum absolute atomic E-state index is 12.7. The highest BCUT2D eigenvalue weighted by molar-refractivity contribution is 5.86. The van der Waals surface area contributed by atoms with Crippen molar-refractivity contribution in [2.24, 2.45) is 7.05 Å². The topological polar surface area (TPSA) is 75.5 Å². The van der Waals surface area contributed by atoms with Gasteiger partial charge >= 0.3 is 0 Å². The fraction of sp³-hybridized carbons (Fsp3) is 0.500. The number of likely N-dealkylation sites (N-methyl/N-ethyl adjacent to an activating group) is 1. The lowest BCUT2D eigenvalue weighted by Crippen LogP contribution is -2.43. The van der Waals surface area contributed by atoms with E-state index in [1.54, 1.807) is 11.8 Å². The molecule has 0 unspecified atom stereocenters. The van der Waals surface area contributed by atoms with Gasteiger partial charge in [0.15, 0.2) is 5.65 Å². The Hall–Kier alpha value is -2.97. The fourth-order valence-electron chi connectivity index (χ4n) is 4.74. The molecule has 3 heterocycles. The minimum absolute atomic E-state index is 0.0431. The van der Waals surface area contributed by atoms with Gasteiger partial charge in [-0.25, -0.2) is 9.67 Å². The summed E-state index contributed by atoms with van der Waals surface area (Å²) in [6, 6.07) is 8.54. The maximum atomic E-state index is 12.7. The average Bonchev–Trinajstić information content (AvgIpc) is 3.15. The number of benzene rings is 1. The Labute approximate surface area is 201 Å². The van der Waals surface area contributed by atoms with Gasteiger partial charge in [-0.05, 0) is 49.6 Å². The Bertz CT molecular complexity index is 1160. The van der Waals surface area contributed by atoms with Gasteiger partial charge in [0.25, 0.3) is 0 Å². The van der Waals surface area contributed by atoms with Gasteiger partial charge in [-0.3, -0.25) is 9.69 Å². The number of fused-ring (bicyclic) bond motifs is 1. The summed E-state index contributed by atoms with van der Waals surface area (Å²) in [6.45, 7) is 9.98. The molecule has 1 fully saturated rings. The third kappa shape index (κ3) is 5.39. The van der Waals surface area contributed by atoms with Crippen LogP contribution in [0.25, 0.3) is 11.0 Å². The van der Waals surface area contributed by atoms with Crippen molar-refractivity contribution in [1.29, 1.82) is 0 Å². The summed E-state index contributed by atoms with van der Waals surface area (Å²) in [5.41, 5.74) is 6.33. The molecule has 182 valence electrons. The summed E-state index contributed by atoms with van der Waals surface area (Å²) in [4.78, 5) is 22.2. The second-order valence-corrected chi connectivity index (χ2v) is 9.31. The zero-order valence-electron chi connectivity index (χ0n) is 21.0. The number of carbonyl (C=O) groups is 1. The number of piperazine rings is 1. The van der Waals surface area contributed by atoms with Gasteiger partial charge in [-0.2, -0.15) is 0 Å². The van der Waals surface area contributed by atoms with Crippen LogP contribution in [-0.2, 0) is 31.4 Å². The number of methoxy groups -OCH3 is 1. The van der Waals surface area contributed by atoms with E-state index < -0.39 is 0 Å². The monoisotopic (exact) mass is 464 g/mol. The van der Waals surface area contributed by atoms with E-state index in [0.29, 0.717) is 25.3 Å². The lowest BCUT2D eigenvalue weighted by atomic mass is 10.00. The molecule has 8 heteroatoms. The van der Waals surface area contributed by atoms with Crippen LogP contribution in [0, 0.1) is 13.8 Å². The van der Waals surface area contributed by atoms with Crippen LogP contribution in [0.3, 0.4) is 0 Å². The first-order valence-corrected chi connectivity index (χ1v) is 12.0. The molecule has 0 bridgehead atoms. The summed E-state index contributed by atoms with van der Waals surface area (Å²) >= 11 is 0. The molecular weight excluding hydrogens is 428 g/mol. The number of aromatic nitrogens is 3. The van der Waals surface area contributed by atoms with Crippen LogP contribution in [0.2, 0.25) is 0 Å². The first-order valence-electron chi connectivity index (χ1n) is 12.0. The number of hydrogen-bond donors (Lipinski definition) is 1. The van der Waals surface area contributed by atoms with Gasteiger partial charge in [0, 0.05) is 58.4 Å². The molecule has 1 N–H and O–H groups in total. The molecule has 1 aromatic carbocycles. The Morgan fingerprint density at radius 1 is 1.12 bits per heavy atom. The van der Waals surface area contributed by atoms with Gasteiger partial charge in [-0.15, -0.1) is 5.10 Å². The third-order valence-corrected chi connectivity index (χ3v) is 6.80. The van der Waals surface area contributed by atoms with E-state index in [4.69, 9.17) is 9.72 Å². The number of amides is 1. The molecule has 0 radical (unpaired) electrons. The molecule has 0 atom stereocenters. The molecule has 0 saturated carbocycles. The summed E-state index contributed by atoms with van der Waals surface area (Å²) in [6.07, 6.45) is 1.05. The average molecular weight is 465 g/mol. The van der Waals surface area contributed by atoms with Crippen molar-refractivity contribution < 1.29 is 9.53 Å². The number of nitrogens with one attached hydrogen (secondary N) is 1. The van der Waals surface area contributed by atoms with Crippen LogP contribution in [0.4, 0.5) is 0 Å². The van der Waals surface area contributed by atoms with Crippen molar-refractivity contribution in [2.75, 3.05) is 40.3 Å². The van der Waals surface area contributed by atoms with Crippen LogP contribution >= 0.6 is 0 Å². The number of hydrogen-bond acceptors (Lipinski definition) is 6. The van der Waals surface area contributed by atoms with E-state index in [0.717, 1.165) is 66.1 Å². The molecular formula is C26H36N6O2. The predicted molar refractivity (Wildman–Crippen MR) is 134 cm³/mol. The first-order chi connectivity index (χ1) is 16.4. The van der Waals surface area contributed by atoms with E-state index in [9.17, 15) is 4.79 Å². The van der Waals surface area contributed by atoms with E-state index in [2.05, 4.69) is 58.5 Å². The Kier molecular flexibility index (Phi) is 7.48. The van der Waals surface area contributed by atoms with E-state index >= 15 is 0 Å². The smallest absolute Gasteiger partial charge is 0.242 e. The fourth-order valence-corrected chi connectivity index (χ4v) is 4.74. The predicted octanol–water partition coefficient (Wildman–Crippen LogP) is 2.59. The molecule has 34 heavy (non-hydrogen) atoms. The first kappa shape index (κ1) is 24.2. The zero-order valence-corrected chi connectivity index (χ0v) is 21.0. The van der Waals surface area contributed by atoms with Crippen LogP contribution in [0.15, 0.2) is 24.3 Å². The standard InChI is InChI=1S/C26H36N6O2/c1-18-22(19(2)28-25-24(18)26(34-5)29-31(25)4)9-10-23(33)27-16-20-7-6-8-21(15-20)17-32-13-11-30(3)12-14-32/h6-8,15H,9-14,16-17H2,1-5H3,(H,27,33). The summed E-state index contributed by atoms with van der Waals surface area (Å²) < 4.78 is 7.18. The van der Waals surface area contributed by atoms with Gasteiger partial charge < -0.3 is 15.0 Å². The lowest BCUT2D eigenvalue weighted by Gasteiger charge is -2.32. The molecule has 0 spiro atoms. The van der Waals surface area contributed by atoms with Gasteiger partial charge in [0.1, 0.15) is 0 Å². The second-order valence-electron chi connectivity index (χ2n) is 9.31. The van der Waals surface area contributed by atoms with Crippen molar-refractivity contribution in [3.8, 4) is 5.88 Å². The van der Waals surface area contributed by atoms with Gasteiger partial charge in [0.2, 0.25) is 11.8 Å². The molecule has 1 amide bonds. The van der Waals surface area contributed by atoms with Crippen molar-refractivity contribution in [1.82, 2.24) is 29.9 Å². The normalized spacial score (nSPS) is 15.1. The minimum Gasteiger partial charge on any atom is -0.479 e. The number of carbonyl (C=O) groups excluding carboxylic acids is 1. The largest absolute Gasteiger partial charge is 0.479 e. The third-order valence-electron chi connectivity index (χ3n) is 6.80. The minimum atomic E-state index is 0.0431. The number of pyridine rings is 1. The Morgan fingerprint density at radius 3 is 2.59 bits per heavy atom. The molecule has 4 rings (SSSR count). The van der Waals surface area contributed by atoms with E-state index in [-0.39, 0.29) is 5.91 Å². The Balaban J connectivity index is 1.34. The van der Waals surface area contributed by atoms with Crippen molar-refractivity contribution in [3.05, 3.63) is 52.2 Å². The van der Waals surface area contributed by atoms with Gasteiger partial charge in [0.05, 0.1) is 12.5 Å². The summed E-state index contributed by atoms with van der Waals surface area (Å²) in [5, 5.41) is 8.41. The highest BCUT2D eigenvalue weighted by Crippen LogP contribution is 2.30. The maximum Gasteiger partial charge on any atom is 0.242 e. The van der Waals surface area contributed by atoms with Crippen molar-refractivity contribution in [3.63, 3.8) is 0 Å². The van der Waals surface area contributed by atoms with Crippen LogP contribution in [0.1, 0.15) is 34.4 Å². The van der Waals surface area contributed by atoms with Crippen molar-refractivity contribution >= 4 is 16.9 Å². The summed E-state index contributed by atoms with van der Waals surface area (Å²) in [7, 11) is 5.66. The molecule has 1 aliphatic rings. The highest BCUT2D eigenvalue weighted by atomic mass is 16.5. The number of aryl methyl sites for hydroxylation is 3. The Morgan fingerprint density at radius 2 is 1.85 bits per heavy atom. The highest BCUT2D eigenvalue weighted by Gasteiger charge is 2.18. The summed E-state index contributed by atoms with van der Waals surface area (Å²) in [5.74, 6) is 0.617. The van der Waals surface area contributed by atoms with E-state index in [1.807, 2.05) is 14.0 Å². The molecule has 1 aliphatic heterocycles. The van der Waals surface area contributed by atoms with E-state index in [1.165, 1.54) is 5.56 Å². The number of ether oxygens (including phenoxy) is 1. The molecule has 1 saturated heterocycles. The van der Waals surface area contributed by atoms with Crippen LogP contribution in [0.5, 0.6) is 5.88 Å². The lowest BCUT2D eigenvalue weighted by molar-refractivity contribution is -0.121. The zero-order chi connectivity index (χ0) is 24.2.